The van der Waals surface area contributed by atoms with Gasteiger partial charge in [-0.25, -0.2) is 0 Å². The van der Waals surface area contributed by atoms with Gasteiger partial charge in [-0.05, 0) is 30.7 Å². The van der Waals surface area contributed by atoms with E-state index in [0.717, 1.165) is 5.56 Å². The SMILES string of the molecule is Cc1cc(OCCO)ccc1C(N)=O. The highest BCUT2D eigenvalue weighted by molar-refractivity contribution is 5.94. The average Bonchev–Trinajstić information content (AvgIpc) is 2.14. The summed E-state index contributed by atoms with van der Waals surface area (Å²) in [7, 11) is 0. The van der Waals surface area contributed by atoms with E-state index < -0.39 is 5.91 Å². The molecule has 3 N–H and O–H groups in total. The predicted molar refractivity (Wildman–Crippen MR) is 52.3 cm³/mol. The molecule has 4 heteroatoms. The minimum Gasteiger partial charge on any atom is -0.491 e. The summed E-state index contributed by atoms with van der Waals surface area (Å²) < 4.78 is 5.17. The Balaban J connectivity index is 2.83. The number of hydrogen-bond donors (Lipinski definition) is 2. The second-order valence-corrected chi connectivity index (χ2v) is 2.91. The van der Waals surface area contributed by atoms with Gasteiger partial charge in [0, 0.05) is 5.56 Å². The normalized spacial score (nSPS) is 9.86. The fourth-order valence-corrected chi connectivity index (χ4v) is 1.17. The van der Waals surface area contributed by atoms with Crippen LogP contribution in [0, 0.1) is 6.92 Å². The summed E-state index contributed by atoms with van der Waals surface area (Å²) in [5.74, 6) is 0.178. The molecule has 0 bridgehead atoms. The Bertz CT molecular complexity index is 336. The van der Waals surface area contributed by atoms with Crippen LogP contribution in [0.5, 0.6) is 5.75 Å². The number of aliphatic hydroxyl groups is 1. The number of nitrogens with two attached hydrogens (primary N) is 1. The van der Waals surface area contributed by atoms with E-state index >= 15 is 0 Å². The van der Waals surface area contributed by atoms with E-state index in [2.05, 4.69) is 0 Å². The smallest absolute Gasteiger partial charge is 0.248 e. The zero-order chi connectivity index (χ0) is 10.6. The summed E-state index contributed by atoms with van der Waals surface area (Å²) in [6.45, 7) is 2.00. The van der Waals surface area contributed by atoms with Crippen molar-refractivity contribution in [3.63, 3.8) is 0 Å². The molecule has 0 aliphatic rings. The standard InChI is InChI=1S/C10H13NO3/c1-7-6-8(14-5-4-12)2-3-9(7)10(11)13/h2-3,6,12H,4-5H2,1H3,(H2,11,13). The van der Waals surface area contributed by atoms with Crippen LogP contribution in [0.3, 0.4) is 0 Å². The Kier molecular flexibility index (Phi) is 3.48. The number of ether oxygens (including phenoxy) is 1. The van der Waals surface area contributed by atoms with Crippen molar-refractivity contribution in [2.75, 3.05) is 13.2 Å². The fraction of sp³-hybridized carbons (Fsp3) is 0.300. The van der Waals surface area contributed by atoms with Gasteiger partial charge in [-0.3, -0.25) is 4.79 Å². The van der Waals surface area contributed by atoms with Crippen LogP contribution in [0.25, 0.3) is 0 Å². The average molecular weight is 195 g/mol. The van der Waals surface area contributed by atoms with Crippen molar-refractivity contribution >= 4 is 5.91 Å². The van der Waals surface area contributed by atoms with Crippen molar-refractivity contribution in [2.24, 2.45) is 5.73 Å². The Labute approximate surface area is 82.3 Å². The summed E-state index contributed by atoms with van der Waals surface area (Å²) in [5.41, 5.74) is 6.40. The maximum atomic E-state index is 10.9. The zero-order valence-corrected chi connectivity index (χ0v) is 7.99. The Morgan fingerprint density at radius 3 is 2.79 bits per heavy atom. The molecule has 1 aromatic carbocycles. The number of rotatable bonds is 4. The summed E-state index contributed by atoms with van der Waals surface area (Å²) in [5, 5.41) is 8.54. The first-order valence-electron chi connectivity index (χ1n) is 4.29. The lowest BCUT2D eigenvalue weighted by Gasteiger charge is -2.06. The summed E-state index contributed by atoms with van der Waals surface area (Å²) >= 11 is 0. The molecule has 0 spiro atoms. The second kappa shape index (κ2) is 4.62. The first-order chi connectivity index (χ1) is 6.65. The lowest BCUT2D eigenvalue weighted by molar-refractivity contribution is 0.0999. The summed E-state index contributed by atoms with van der Waals surface area (Å²) in [6, 6.07) is 4.99. The number of carbonyl (C=O) groups excluding carboxylic acids is 1. The highest BCUT2D eigenvalue weighted by Gasteiger charge is 2.05. The van der Waals surface area contributed by atoms with Crippen molar-refractivity contribution in [1.29, 1.82) is 0 Å². The number of primary amides is 1. The van der Waals surface area contributed by atoms with Crippen molar-refractivity contribution in [3.05, 3.63) is 29.3 Å². The van der Waals surface area contributed by atoms with Gasteiger partial charge in [-0.1, -0.05) is 0 Å². The van der Waals surface area contributed by atoms with E-state index in [9.17, 15) is 4.79 Å². The molecule has 0 radical (unpaired) electrons. The lowest BCUT2D eigenvalue weighted by atomic mass is 10.1. The Hall–Kier alpha value is -1.55. The number of benzene rings is 1. The molecule has 14 heavy (non-hydrogen) atoms. The highest BCUT2D eigenvalue weighted by Crippen LogP contribution is 2.16. The molecule has 0 saturated heterocycles. The first kappa shape index (κ1) is 10.5. The third-order valence-electron chi connectivity index (χ3n) is 1.82. The minimum atomic E-state index is -0.448. The molecule has 76 valence electrons. The lowest BCUT2D eigenvalue weighted by Crippen LogP contribution is -2.12. The number of amides is 1. The van der Waals surface area contributed by atoms with E-state index in [4.69, 9.17) is 15.6 Å². The summed E-state index contributed by atoms with van der Waals surface area (Å²) in [6.07, 6.45) is 0. The molecule has 0 saturated carbocycles. The summed E-state index contributed by atoms with van der Waals surface area (Å²) in [4.78, 5) is 10.9. The molecular formula is C10H13NO3. The highest BCUT2D eigenvalue weighted by atomic mass is 16.5. The molecule has 0 aliphatic heterocycles. The van der Waals surface area contributed by atoms with E-state index in [1.807, 2.05) is 0 Å². The molecule has 1 amide bonds. The number of carbonyl (C=O) groups is 1. The van der Waals surface area contributed by atoms with E-state index in [1.165, 1.54) is 0 Å². The molecular weight excluding hydrogens is 182 g/mol. The van der Waals surface area contributed by atoms with Gasteiger partial charge in [0.25, 0.3) is 0 Å². The number of aliphatic hydroxyl groups excluding tert-OH is 1. The molecule has 0 heterocycles. The second-order valence-electron chi connectivity index (χ2n) is 2.91. The monoisotopic (exact) mass is 195 g/mol. The number of hydrogen-bond acceptors (Lipinski definition) is 3. The van der Waals surface area contributed by atoms with Gasteiger partial charge in [-0.2, -0.15) is 0 Å². The van der Waals surface area contributed by atoms with Crippen LogP contribution < -0.4 is 10.5 Å². The Morgan fingerprint density at radius 2 is 2.29 bits per heavy atom. The molecule has 1 rings (SSSR count). The maximum Gasteiger partial charge on any atom is 0.248 e. The first-order valence-corrected chi connectivity index (χ1v) is 4.29. The topological polar surface area (TPSA) is 72.6 Å². The van der Waals surface area contributed by atoms with Crippen LogP contribution in [0.4, 0.5) is 0 Å². The van der Waals surface area contributed by atoms with Crippen LogP contribution in [-0.4, -0.2) is 24.2 Å². The van der Waals surface area contributed by atoms with Gasteiger partial charge >= 0.3 is 0 Å². The fourth-order valence-electron chi connectivity index (χ4n) is 1.17. The van der Waals surface area contributed by atoms with Gasteiger partial charge < -0.3 is 15.6 Å². The molecule has 0 aromatic heterocycles. The van der Waals surface area contributed by atoms with Crippen molar-refractivity contribution < 1.29 is 14.6 Å². The van der Waals surface area contributed by atoms with Gasteiger partial charge in [0.1, 0.15) is 12.4 Å². The molecule has 1 aromatic rings. The minimum absolute atomic E-state index is 0.0311. The largest absolute Gasteiger partial charge is 0.491 e. The molecule has 0 unspecified atom stereocenters. The molecule has 0 atom stereocenters. The zero-order valence-electron chi connectivity index (χ0n) is 7.99. The third kappa shape index (κ3) is 2.47. The van der Waals surface area contributed by atoms with Crippen molar-refractivity contribution in [3.8, 4) is 5.75 Å². The van der Waals surface area contributed by atoms with Gasteiger partial charge in [-0.15, -0.1) is 0 Å². The van der Waals surface area contributed by atoms with E-state index in [0.29, 0.717) is 11.3 Å². The number of aryl methyl sites for hydroxylation is 1. The van der Waals surface area contributed by atoms with Gasteiger partial charge in [0.15, 0.2) is 0 Å². The van der Waals surface area contributed by atoms with Crippen molar-refractivity contribution in [1.82, 2.24) is 0 Å². The predicted octanol–water partition coefficient (Wildman–Crippen LogP) is 0.465. The molecule has 0 aliphatic carbocycles. The van der Waals surface area contributed by atoms with Crippen LogP contribution in [0.1, 0.15) is 15.9 Å². The maximum absolute atomic E-state index is 10.9. The Morgan fingerprint density at radius 1 is 1.57 bits per heavy atom. The van der Waals surface area contributed by atoms with Crippen molar-refractivity contribution in [2.45, 2.75) is 6.92 Å². The van der Waals surface area contributed by atoms with E-state index in [-0.39, 0.29) is 13.2 Å². The van der Waals surface area contributed by atoms with Crippen LogP contribution >= 0.6 is 0 Å². The molecule has 0 fully saturated rings. The van der Waals surface area contributed by atoms with E-state index in [1.54, 1.807) is 25.1 Å². The van der Waals surface area contributed by atoms with Crippen LogP contribution in [-0.2, 0) is 0 Å². The molecule has 4 nitrogen and oxygen atoms in total. The third-order valence-corrected chi connectivity index (χ3v) is 1.82. The van der Waals surface area contributed by atoms with Gasteiger partial charge in [0.2, 0.25) is 5.91 Å². The van der Waals surface area contributed by atoms with Gasteiger partial charge in [0.05, 0.1) is 6.61 Å². The van der Waals surface area contributed by atoms with Crippen LogP contribution in [0.15, 0.2) is 18.2 Å². The quantitative estimate of drug-likeness (QED) is 0.733. The van der Waals surface area contributed by atoms with Crippen LogP contribution in [0.2, 0.25) is 0 Å².